The van der Waals surface area contributed by atoms with Crippen molar-refractivity contribution in [3.05, 3.63) is 42.7 Å². The van der Waals surface area contributed by atoms with Crippen molar-refractivity contribution in [1.29, 1.82) is 0 Å². The van der Waals surface area contributed by atoms with Crippen LogP contribution >= 0.6 is 0 Å². The Hall–Kier alpha value is -2.76. The predicted molar refractivity (Wildman–Crippen MR) is 105 cm³/mol. The summed E-state index contributed by atoms with van der Waals surface area (Å²) in [5.74, 6) is 2.72. The molecule has 6 heteroatoms. The zero-order chi connectivity index (χ0) is 18.1. The van der Waals surface area contributed by atoms with E-state index < -0.39 is 0 Å². The normalized spacial score (nSPS) is 15.4. The quantitative estimate of drug-likeness (QED) is 0.723. The summed E-state index contributed by atoms with van der Waals surface area (Å²) in [4.78, 5) is 13.3. The lowest BCUT2D eigenvalue weighted by molar-refractivity contribution is 0.172. The molecule has 0 N–H and O–H groups in total. The summed E-state index contributed by atoms with van der Waals surface area (Å²) in [5, 5.41) is 1.18. The van der Waals surface area contributed by atoms with Crippen molar-refractivity contribution in [2.75, 3.05) is 37.0 Å². The van der Waals surface area contributed by atoms with Crippen LogP contribution in [0.3, 0.4) is 0 Å². The molecule has 1 saturated heterocycles. The molecule has 4 rings (SSSR count). The monoisotopic (exact) mass is 351 g/mol. The predicted octanol–water partition coefficient (Wildman–Crippen LogP) is 3.08. The Kier molecular flexibility index (Phi) is 4.41. The van der Waals surface area contributed by atoms with Crippen molar-refractivity contribution in [2.45, 2.75) is 18.9 Å². The van der Waals surface area contributed by atoms with E-state index in [9.17, 15) is 0 Å². The Labute approximate surface area is 154 Å². The van der Waals surface area contributed by atoms with Gasteiger partial charge in [0.25, 0.3) is 0 Å². The van der Waals surface area contributed by atoms with Crippen LogP contribution in [-0.2, 0) is 7.05 Å². The fourth-order valence-electron chi connectivity index (χ4n) is 3.47. The SMILES string of the molecule is CN(C)c1ccnc(N2CCC(Oc3cccc4c3ccn4C)CC2)n1. The van der Waals surface area contributed by atoms with Gasteiger partial charge in [0.15, 0.2) is 0 Å². The molecule has 1 aromatic carbocycles. The van der Waals surface area contributed by atoms with Gasteiger partial charge in [-0.2, -0.15) is 4.98 Å². The Bertz CT molecular complexity index is 896. The number of fused-ring (bicyclic) bond motifs is 1. The summed E-state index contributed by atoms with van der Waals surface area (Å²) < 4.78 is 8.46. The second-order valence-electron chi connectivity index (χ2n) is 7.03. The highest BCUT2D eigenvalue weighted by molar-refractivity contribution is 5.86. The molecule has 1 fully saturated rings. The number of nitrogens with zero attached hydrogens (tertiary/aromatic N) is 5. The van der Waals surface area contributed by atoms with Gasteiger partial charge >= 0.3 is 0 Å². The maximum Gasteiger partial charge on any atom is 0.227 e. The molecular weight excluding hydrogens is 326 g/mol. The lowest BCUT2D eigenvalue weighted by Crippen LogP contribution is -2.39. The van der Waals surface area contributed by atoms with Gasteiger partial charge in [-0.1, -0.05) is 6.07 Å². The summed E-state index contributed by atoms with van der Waals surface area (Å²) in [7, 11) is 6.05. The first-order valence-corrected chi connectivity index (χ1v) is 9.08. The fourth-order valence-corrected chi connectivity index (χ4v) is 3.47. The van der Waals surface area contributed by atoms with E-state index in [4.69, 9.17) is 4.74 Å². The van der Waals surface area contributed by atoms with Crippen LogP contribution in [0.4, 0.5) is 11.8 Å². The van der Waals surface area contributed by atoms with Crippen LogP contribution in [0.5, 0.6) is 5.75 Å². The maximum atomic E-state index is 6.34. The molecule has 1 aliphatic rings. The Morgan fingerprint density at radius 1 is 1.12 bits per heavy atom. The zero-order valence-electron chi connectivity index (χ0n) is 15.6. The third-order valence-electron chi connectivity index (χ3n) is 4.99. The van der Waals surface area contributed by atoms with Crippen molar-refractivity contribution in [2.24, 2.45) is 7.05 Å². The summed E-state index contributed by atoms with van der Waals surface area (Å²) in [6.45, 7) is 1.82. The van der Waals surface area contributed by atoms with E-state index in [1.807, 2.05) is 31.3 Å². The number of ether oxygens (including phenoxy) is 1. The van der Waals surface area contributed by atoms with E-state index in [0.29, 0.717) is 0 Å². The number of piperidine rings is 1. The summed E-state index contributed by atoms with van der Waals surface area (Å²) in [6, 6.07) is 10.3. The Morgan fingerprint density at radius 2 is 1.92 bits per heavy atom. The number of aryl methyl sites for hydroxylation is 1. The minimum atomic E-state index is 0.231. The number of rotatable bonds is 4. The standard InChI is InChI=1S/C20H25N5O/c1-23(2)19-7-11-21-20(22-19)25-13-8-15(9-14-25)26-18-6-4-5-17-16(18)10-12-24(17)3/h4-7,10-12,15H,8-9,13-14H2,1-3H3. The molecule has 0 radical (unpaired) electrons. The number of hydrogen-bond donors (Lipinski definition) is 0. The first-order valence-electron chi connectivity index (χ1n) is 9.08. The third kappa shape index (κ3) is 3.19. The molecule has 26 heavy (non-hydrogen) atoms. The van der Waals surface area contributed by atoms with Crippen molar-refractivity contribution >= 4 is 22.7 Å². The molecule has 0 unspecified atom stereocenters. The van der Waals surface area contributed by atoms with Crippen molar-refractivity contribution in [3.8, 4) is 5.75 Å². The van der Waals surface area contributed by atoms with Gasteiger partial charge in [0.05, 0.1) is 5.52 Å². The third-order valence-corrected chi connectivity index (χ3v) is 4.99. The molecule has 0 bridgehead atoms. The lowest BCUT2D eigenvalue weighted by atomic mass is 10.1. The van der Waals surface area contributed by atoms with E-state index >= 15 is 0 Å². The first kappa shape index (κ1) is 16.7. The van der Waals surface area contributed by atoms with E-state index in [1.54, 1.807) is 0 Å². The van der Waals surface area contributed by atoms with Crippen LogP contribution in [0.25, 0.3) is 10.9 Å². The topological polar surface area (TPSA) is 46.4 Å². The number of anilines is 2. The number of aromatic nitrogens is 3. The highest BCUT2D eigenvalue weighted by atomic mass is 16.5. The van der Waals surface area contributed by atoms with Crippen LogP contribution in [0.15, 0.2) is 42.7 Å². The molecular formula is C20H25N5O. The lowest BCUT2D eigenvalue weighted by Gasteiger charge is -2.32. The molecule has 0 aliphatic carbocycles. The van der Waals surface area contributed by atoms with Gasteiger partial charge in [0.2, 0.25) is 5.95 Å². The van der Waals surface area contributed by atoms with Crippen LogP contribution in [-0.4, -0.2) is 47.8 Å². The molecule has 6 nitrogen and oxygen atoms in total. The summed E-state index contributed by atoms with van der Waals surface area (Å²) in [6.07, 6.45) is 6.08. The summed E-state index contributed by atoms with van der Waals surface area (Å²) in [5.41, 5.74) is 1.20. The van der Waals surface area contributed by atoms with E-state index in [1.165, 1.54) is 10.9 Å². The van der Waals surface area contributed by atoms with E-state index in [0.717, 1.165) is 43.4 Å². The molecule has 0 atom stereocenters. The van der Waals surface area contributed by atoms with Gasteiger partial charge in [-0.15, -0.1) is 0 Å². The van der Waals surface area contributed by atoms with Crippen LogP contribution in [0, 0.1) is 0 Å². The van der Waals surface area contributed by atoms with Crippen LogP contribution < -0.4 is 14.5 Å². The Morgan fingerprint density at radius 3 is 2.69 bits per heavy atom. The number of benzene rings is 1. The molecule has 0 amide bonds. The van der Waals surface area contributed by atoms with Gasteiger partial charge in [-0.3, -0.25) is 0 Å². The molecule has 1 aliphatic heterocycles. The largest absolute Gasteiger partial charge is 0.490 e. The molecule has 3 aromatic rings. The first-order chi connectivity index (χ1) is 12.6. The van der Waals surface area contributed by atoms with Crippen LogP contribution in [0.2, 0.25) is 0 Å². The zero-order valence-corrected chi connectivity index (χ0v) is 15.6. The van der Waals surface area contributed by atoms with Crippen molar-refractivity contribution in [3.63, 3.8) is 0 Å². The minimum Gasteiger partial charge on any atom is -0.490 e. The average Bonchev–Trinajstić information content (AvgIpc) is 3.05. The Balaban J connectivity index is 1.43. The van der Waals surface area contributed by atoms with E-state index in [2.05, 4.69) is 56.9 Å². The highest BCUT2D eigenvalue weighted by Crippen LogP contribution is 2.29. The smallest absolute Gasteiger partial charge is 0.227 e. The molecule has 2 aromatic heterocycles. The van der Waals surface area contributed by atoms with E-state index in [-0.39, 0.29) is 6.10 Å². The molecule has 136 valence electrons. The van der Waals surface area contributed by atoms with Gasteiger partial charge in [-0.05, 0) is 24.3 Å². The van der Waals surface area contributed by atoms with Crippen LogP contribution in [0.1, 0.15) is 12.8 Å². The average molecular weight is 351 g/mol. The second kappa shape index (κ2) is 6.86. The van der Waals surface area contributed by atoms with Gasteiger partial charge in [0.1, 0.15) is 17.7 Å². The molecule has 3 heterocycles. The van der Waals surface area contributed by atoms with Gasteiger partial charge in [0, 0.05) is 64.9 Å². The maximum absolute atomic E-state index is 6.34. The molecule has 0 spiro atoms. The summed E-state index contributed by atoms with van der Waals surface area (Å²) >= 11 is 0. The van der Waals surface area contributed by atoms with Gasteiger partial charge in [-0.25, -0.2) is 4.98 Å². The number of hydrogen-bond acceptors (Lipinski definition) is 5. The second-order valence-corrected chi connectivity index (χ2v) is 7.03. The van der Waals surface area contributed by atoms with Gasteiger partial charge < -0.3 is 19.1 Å². The minimum absolute atomic E-state index is 0.231. The fraction of sp³-hybridized carbons (Fsp3) is 0.400. The molecule has 0 saturated carbocycles. The van der Waals surface area contributed by atoms with Crippen molar-refractivity contribution < 1.29 is 4.74 Å². The van der Waals surface area contributed by atoms with Crippen molar-refractivity contribution in [1.82, 2.24) is 14.5 Å². The highest BCUT2D eigenvalue weighted by Gasteiger charge is 2.23.